The van der Waals surface area contributed by atoms with E-state index in [-0.39, 0.29) is 12.5 Å². The Morgan fingerprint density at radius 2 is 2.11 bits per heavy atom. The van der Waals surface area contributed by atoms with Gasteiger partial charge in [-0.3, -0.25) is 4.79 Å². The average molecular weight is 309 g/mol. The molecule has 0 radical (unpaired) electrons. The Bertz CT molecular complexity index is 525. The predicted octanol–water partition coefficient (Wildman–Crippen LogP) is 2.24. The number of amides is 1. The molecule has 1 amide bonds. The molecule has 1 aromatic carbocycles. The fourth-order valence-electron chi connectivity index (χ4n) is 1.65. The van der Waals surface area contributed by atoms with E-state index in [1.807, 2.05) is 30.3 Å². The van der Waals surface area contributed by atoms with Crippen molar-refractivity contribution < 1.29 is 9.90 Å². The van der Waals surface area contributed by atoms with Crippen LogP contribution >= 0.6 is 15.9 Å². The second kappa shape index (κ2) is 5.84. The summed E-state index contributed by atoms with van der Waals surface area (Å²) in [5.41, 5.74) is 1.33. The van der Waals surface area contributed by atoms with Gasteiger partial charge in [-0.2, -0.15) is 0 Å². The number of benzene rings is 1. The number of rotatable bonds is 4. The third-order valence-corrected chi connectivity index (χ3v) is 3.04. The van der Waals surface area contributed by atoms with Crippen molar-refractivity contribution in [2.75, 3.05) is 6.61 Å². The molecule has 0 aliphatic rings. The molecule has 3 N–H and O–H groups in total. The third kappa shape index (κ3) is 3.00. The first-order valence-corrected chi connectivity index (χ1v) is 6.30. The first-order chi connectivity index (χ1) is 8.70. The first kappa shape index (κ1) is 12.9. The normalized spacial score (nSPS) is 12.1. The first-order valence-electron chi connectivity index (χ1n) is 5.51. The van der Waals surface area contributed by atoms with Crippen molar-refractivity contribution >= 4 is 21.8 Å². The van der Waals surface area contributed by atoms with Gasteiger partial charge in [0.15, 0.2) is 0 Å². The number of halogens is 1. The highest BCUT2D eigenvalue weighted by Gasteiger charge is 2.15. The minimum absolute atomic E-state index is 0.141. The fourth-order valence-corrected chi connectivity index (χ4v) is 2.00. The molecule has 0 saturated carbocycles. The van der Waals surface area contributed by atoms with Crippen molar-refractivity contribution in [1.29, 1.82) is 0 Å². The molecule has 0 saturated heterocycles. The average Bonchev–Trinajstić information content (AvgIpc) is 2.83. The largest absolute Gasteiger partial charge is 0.394 e. The molecule has 0 fully saturated rings. The van der Waals surface area contributed by atoms with E-state index in [4.69, 9.17) is 0 Å². The van der Waals surface area contributed by atoms with Crippen LogP contribution in [0.25, 0.3) is 0 Å². The maximum absolute atomic E-state index is 11.9. The topological polar surface area (TPSA) is 65.1 Å². The zero-order chi connectivity index (χ0) is 13.0. The highest BCUT2D eigenvalue weighted by molar-refractivity contribution is 9.10. The summed E-state index contributed by atoms with van der Waals surface area (Å²) in [5, 5.41) is 12.1. The molecule has 2 rings (SSSR count). The van der Waals surface area contributed by atoms with E-state index in [0.717, 1.165) is 10.0 Å². The Hall–Kier alpha value is -1.59. The van der Waals surface area contributed by atoms with Gasteiger partial charge in [0, 0.05) is 10.7 Å². The standard InChI is InChI=1S/C13H13BrN2O2/c14-10-6-11(15-7-10)13(18)16-12(8-17)9-4-2-1-3-5-9/h1-7,12,15,17H,8H2,(H,16,18). The van der Waals surface area contributed by atoms with Gasteiger partial charge in [-0.05, 0) is 27.6 Å². The third-order valence-electron chi connectivity index (χ3n) is 2.58. The minimum atomic E-state index is -0.402. The van der Waals surface area contributed by atoms with Crippen LogP contribution in [-0.4, -0.2) is 22.6 Å². The van der Waals surface area contributed by atoms with Crippen LogP contribution in [-0.2, 0) is 0 Å². The maximum atomic E-state index is 11.9. The molecule has 1 aromatic heterocycles. The molecule has 1 heterocycles. The van der Waals surface area contributed by atoms with Crippen LogP contribution in [0.1, 0.15) is 22.1 Å². The van der Waals surface area contributed by atoms with E-state index in [2.05, 4.69) is 26.2 Å². The highest BCUT2D eigenvalue weighted by Crippen LogP contribution is 2.14. The molecule has 0 bridgehead atoms. The number of aliphatic hydroxyl groups excluding tert-OH is 1. The molecule has 18 heavy (non-hydrogen) atoms. The molecule has 4 nitrogen and oxygen atoms in total. The lowest BCUT2D eigenvalue weighted by Crippen LogP contribution is -2.30. The molecular formula is C13H13BrN2O2. The van der Waals surface area contributed by atoms with Gasteiger partial charge in [-0.15, -0.1) is 0 Å². The van der Waals surface area contributed by atoms with Crippen LogP contribution in [0.5, 0.6) is 0 Å². The summed E-state index contributed by atoms with van der Waals surface area (Å²) in [6, 6.07) is 10.7. The van der Waals surface area contributed by atoms with Gasteiger partial charge < -0.3 is 15.4 Å². The van der Waals surface area contributed by atoms with Gasteiger partial charge in [0.25, 0.3) is 5.91 Å². The lowest BCUT2D eigenvalue weighted by molar-refractivity contribution is 0.0911. The number of aliphatic hydroxyl groups is 1. The second-order valence-corrected chi connectivity index (χ2v) is 4.77. The zero-order valence-electron chi connectivity index (χ0n) is 9.56. The minimum Gasteiger partial charge on any atom is -0.394 e. The van der Waals surface area contributed by atoms with Gasteiger partial charge in [-0.25, -0.2) is 0 Å². The summed E-state index contributed by atoms with van der Waals surface area (Å²) in [6.45, 7) is -0.141. The number of H-pyrrole nitrogens is 1. The summed E-state index contributed by atoms with van der Waals surface area (Å²) in [6.07, 6.45) is 1.69. The molecule has 1 atom stereocenters. The Morgan fingerprint density at radius 3 is 2.67 bits per heavy atom. The van der Waals surface area contributed by atoms with Gasteiger partial charge in [-0.1, -0.05) is 30.3 Å². The summed E-state index contributed by atoms with van der Waals surface area (Å²) < 4.78 is 0.813. The lowest BCUT2D eigenvalue weighted by Gasteiger charge is -2.16. The SMILES string of the molecule is O=C(NC(CO)c1ccccc1)c1cc(Br)c[nH]1. The van der Waals surface area contributed by atoms with Crippen LogP contribution in [0.3, 0.4) is 0 Å². The highest BCUT2D eigenvalue weighted by atomic mass is 79.9. The van der Waals surface area contributed by atoms with Gasteiger partial charge in [0.2, 0.25) is 0 Å². The molecule has 0 aliphatic heterocycles. The molecular weight excluding hydrogens is 296 g/mol. The van der Waals surface area contributed by atoms with Crippen LogP contribution < -0.4 is 5.32 Å². The van der Waals surface area contributed by atoms with Crippen molar-refractivity contribution in [1.82, 2.24) is 10.3 Å². The van der Waals surface area contributed by atoms with Crippen LogP contribution in [0.4, 0.5) is 0 Å². The molecule has 0 spiro atoms. The summed E-state index contributed by atoms with van der Waals surface area (Å²) >= 11 is 3.27. The van der Waals surface area contributed by atoms with Crippen molar-refractivity contribution in [3.8, 4) is 0 Å². The smallest absolute Gasteiger partial charge is 0.268 e. The van der Waals surface area contributed by atoms with E-state index >= 15 is 0 Å². The Morgan fingerprint density at radius 1 is 1.39 bits per heavy atom. The fraction of sp³-hybridized carbons (Fsp3) is 0.154. The predicted molar refractivity (Wildman–Crippen MR) is 72.2 cm³/mol. The van der Waals surface area contributed by atoms with Crippen LogP contribution in [0.15, 0.2) is 47.1 Å². The lowest BCUT2D eigenvalue weighted by atomic mass is 10.1. The number of aromatic nitrogens is 1. The van der Waals surface area contributed by atoms with E-state index in [1.165, 1.54) is 0 Å². The second-order valence-electron chi connectivity index (χ2n) is 3.85. The van der Waals surface area contributed by atoms with Gasteiger partial charge in [0.1, 0.15) is 5.69 Å². The number of nitrogens with one attached hydrogen (secondary N) is 2. The van der Waals surface area contributed by atoms with Crippen LogP contribution in [0.2, 0.25) is 0 Å². The number of carbonyl (C=O) groups excluding carboxylic acids is 1. The van der Waals surface area contributed by atoms with Crippen molar-refractivity contribution in [2.45, 2.75) is 6.04 Å². The molecule has 0 aliphatic carbocycles. The maximum Gasteiger partial charge on any atom is 0.268 e. The molecule has 1 unspecified atom stereocenters. The summed E-state index contributed by atoms with van der Waals surface area (Å²) in [4.78, 5) is 14.8. The van der Waals surface area contributed by atoms with Gasteiger partial charge >= 0.3 is 0 Å². The molecule has 2 aromatic rings. The van der Waals surface area contributed by atoms with Crippen molar-refractivity contribution in [3.63, 3.8) is 0 Å². The van der Waals surface area contributed by atoms with E-state index in [0.29, 0.717) is 5.69 Å². The Labute approximate surface area is 113 Å². The van der Waals surface area contributed by atoms with E-state index < -0.39 is 6.04 Å². The summed E-state index contributed by atoms with van der Waals surface area (Å²) in [7, 11) is 0. The number of hydrogen-bond acceptors (Lipinski definition) is 2. The van der Waals surface area contributed by atoms with E-state index in [9.17, 15) is 9.90 Å². The van der Waals surface area contributed by atoms with Crippen LogP contribution in [0, 0.1) is 0 Å². The van der Waals surface area contributed by atoms with Crippen molar-refractivity contribution in [3.05, 3.63) is 58.3 Å². The molecule has 94 valence electrons. The number of hydrogen-bond donors (Lipinski definition) is 3. The van der Waals surface area contributed by atoms with E-state index in [1.54, 1.807) is 12.3 Å². The van der Waals surface area contributed by atoms with Gasteiger partial charge in [0.05, 0.1) is 12.6 Å². The van der Waals surface area contributed by atoms with Crippen molar-refractivity contribution in [2.24, 2.45) is 0 Å². The Balaban J connectivity index is 2.10. The quantitative estimate of drug-likeness (QED) is 0.811. The number of aromatic amines is 1. The summed E-state index contributed by atoms with van der Waals surface area (Å²) in [5.74, 6) is -0.247. The Kier molecular flexibility index (Phi) is 4.17. The number of carbonyl (C=O) groups is 1. The molecule has 5 heteroatoms. The monoisotopic (exact) mass is 308 g/mol. The zero-order valence-corrected chi connectivity index (χ0v) is 11.1.